The molecule has 2 aromatic heterocycles. The molecule has 2 saturated heterocycles. The number of likely N-dealkylation sites (tertiary alicyclic amines) is 2. The van der Waals surface area contributed by atoms with Crippen molar-refractivity contribution in [3.63, 3.8) is 0 Å². The molecule has 4 heterocycles. The highest BCUT2D eigenvalue weighted by molar-refractivity contribution is 7.15. The minimum Gasteiger partial charge on any atom is -0.477 e. The van der Waals surface area contributed by atoms with E-state index in [4.69, 9.17) is 4.74 Å². The van der Waals surface area contributed by atoms with Crippen molar-refractivity contribution >= 4 is 69.6 Å². The minimum absolute atomic E-state index is 0.0321. The third-order valence-corrected chi connectivity index (χ3v) is 15.2. The molecule has 2 aliphatic carbocycles. The molecule has 4 fully saturated rings. The van der Waals surface area contributed by atoms with Gasteiger partial charge in [-0.1, -0.05) is 37.5 Å². The molecule has 366 valence electrons. The third-order valence-electron chi connectivity index (χ3n) is 13.1. The molecule has 0 aromatic carbocycles. The highest BCUT2D eigenvalue weighted by Gasteiger charge is 2.45. The predicted octanol–water partition coefficient (Wildman–Crippen LogP) is 10.1. The molecule has 0 bridgehead atoms. The van der Waals surface area contributed by atoms with Gasteiger partial charge in [0, 0.05) is 47.8 Å². The van der Waals surface area contributed by atoms with E-state index in [0.717, 1.165) is 62.7 Å². The lowest BCUT2D eigenvalue weighted by atomic mass is 9.82. The number of amides is 4. The van der Waals surface area contributed by atoms with Gasteiger partial charge in [0.05, 0.1) is 28.2 Å². The standard InChI is InChI=1S/C27H38N2O4S.C26H36N2O4S/c1-17(2)28-15-13-21(25(28)31)29(24(30)19-10-8-18(3)9-11-19)22-16-20(12-14-27(4,5)6)34-23(22)26(32)33-7;1-16(2)27-14-12-20(24(27)30)28(23(29)18-9-7-17(3)8-10-18)21-15-19(11-13-26(4,5)6)33-22(21)25(31)32/h16-19,21H,8-11,13,15H2,1-7H3;15-18,20H,7-10,12,14H2,1-6H3,(H,31,32). The van der Waals surface area contributed by atoms with Gasteiger partial charge in [-0.3, -0.25) is 29.0 Å². The van der Waals surface area contributed by atoms with E-state index >= 15 is 0 Å². The van der Waals surface area contributed by atoms with Crippen molar-refractivity contribution in [2.24, 2.45) is 34.5 Å². The van der Waals surface area contributed by atoms with Crippen LogP contribution in [0.1, 0.15) is 176 Å². The summed E-state index contributed by atoms with van der Waals surface area (Å²) in [6, 6.07) is 2.29. The van der Waals surface area contributed by atoms with Crippen LogP contribution in [0.3, 0.4) is 0 Å². The van der Waals surface area contributed by atoms with E-state index in [2.05, 4.69) is 37.5 Å². The summed E-state index contributed by atoms with van der Waals surface area (Å²) in [5, 5.41) is 9.96. The number of carbonyl (C=O) groups excluding carboxylic acids is 5. The van der Waals surface area contributed by atoms with Gasteiger partial charge < -0.3 is 19.6 Å². The van der Waals surface area contributed by atoms with Crippen LogP contribution in [0.5, 0.6) is 0 Å². The van der Waals surface area contributed by atoms with Gasteiger partial charge in [-0.05, 0) is 157 Å². The molecule has 12 nitrogen and oxygen atoms in total. The summed E-state index contributed by atoms with van der Waals surface area (Å²) in [6.45, 7) is 25.5. The number of esters is 1. The SMILES string of the molecule is CC1CCC(C(=O)N(c2cc(C#CC(C)(C)C)sc2C(=O)O)C2CCN(C(C)C)C2=O)CC1.COC(=O)c1sc(C#CC(C)(C)C)cc1N(C(=O)C1CCC(C)CC1)C1CCN(C(C)C)C1=O. The second-order valence-electron chi connectivity index (χ2n) is 21.6. The number of ether oxygens (including phenoxy) is 1. The molecular weight excluding hydrogens is 885 g/mol. The summed E-state index contributed by atoms with van der Waals surface area (Å²) in [7, 11) is 1.34. The van der Waals surface area contributed by atoms with Crippen LogP contribution in [0.15, 0.2) is 12.1 Å². The molecule has 1 N–H and O–H groups in total. The van der Waals surface area contributed by atoms with Crippen LogP contribution in [-0.4, -0.2) is 94.8 Å². The Balaban J connectivity index is 0.000000251. The van der Waals surface area contributed by atoms with Gasteiger partial charge in [-0.15, -0.1) is 22.7 Å². The number of thiophene rings is 2. The zero-order valence-corrected chi connectivity index (χ0v) is 43.8. The highest BCUT2D eigenvalue weighted by Crippen LogP contribution is 2.40. The fourth-order valence-electron chi connectivity index (χ4n) is 9.30. The lowest BCUT2D eigenvalue weighted by molar-refractivity contribution is -0.133. The molecule has 2 unspecified atom stereocenters. The second-order valence-corrected chi connectivity index (χ2v) is 23.7. The second kappa shape index (κ2) is 22.2. The van der Waals surface area contributed by atoms with Gasteiger partial charge in [0.25, 0.3) is 0 Å². The van der Waals surface area contributed by atoms with Crippen molar-refractivity contribution in [2.75, 3.05) is 30.0 Å². The molecular formula is C53H74N4O8S2. The number of methoxy groups -OCH3 is 1. The maximum absolute atomic E-state index is 14.0. The molecule has 6 rings (SSSR count). The topological polar surface area (TPSA) is 145 Å². The average molecular weight is 959 g/mol. The van der Waals surface area contributed by atoms with Crippen LogP contribution in [-0.2, 0) is 23.9 Å². The van der Waals surface area contributed by atoms with Crippen LogP contribution in [0.25, 0.3) is 0 Å². The zero-order chi connectivity index (χ0) is 49.7. The highest BCUT2D eigenvalue weighted by atomic mass is 32.1. The van der Waals surface area contributed by atoms with Gasteiger partial charge in [-0.25, -0.2) is 9.59 Å². The lowest BCUT2D eigenvalue weighted by Gasteiger charge is -2.34. The van der Waals surface area contributed by atoms with E-state index in [1.54, 1.807) is 21.9 Å². The van der Waals surface area contributed by atoms with Crippen LogP contribution in [0, 0.1) is 58.2 Å². The van der Waals surface area contributed by atoms with Gasteiger partial charge in [-0.2, -0.15) is 0 Å². The summed E-state index contributed by atoms with van der Waals surface area (Å²) in [5.41, 5.74) is 0.338. The number of nitrogens with zero attached hydrogens (tertiary/aromatic N) is 4. The molecule has 14 heteroatoms. The Morgan fingerprint density at radius 2 is 1.00 bits per heavy atom. The van der Waals surface area contributed by atoms with Crippen LogP contribution < -0.4 is 9.80 Å². The van der Waals surface area contributed by atoms with E-state index in [-0.39, 0.29) is 63.3 Å². The normalized spacial score (nSPS) is 23.2. The van der Waals surface area contributed by atoms with Gasteiger partial charge in [0.2, 0.25) is 23.6 Å². The van der Waals surface area contributed by atoms with Gasteiger partial charge >= 0.3 is 11.9 Å². The summed E-state index contributed by atoms with van der Waals surface area (Å²) < 4.78 is 5.06. The summed E-state index contributed by atoms with van der Waals surface area (Å²) in [5.74, 6) is 11.5. The first kappa shape index (κ1) is 53.3. The van der Waals surface area contributed by atoms with Crippen LogP contribution >= 0.6 is 22.7 Å². The summed E-state index contributed by atoms with van der Waals surface area (Å²) in [6.07, 6.45) is 8.14. The Morgan fingerprint density at radius 1 is 0.642 bits per heavy atom. The monoisotopic (exact) mass is 958 g/mol. The Hall–Kier alpha value is -4.66. The first-order valence-corrected chi connectivity index (χ1v) is 25.9. The van der Waals surface area contributed by atoms with Crippen LogP contribution in [0.2, 0.25) is 0 Å². The third kappa shape index (κ3) is 13.3. The number of rotatable bonds is 10. The average Bonchev–Trinajstić information content (AvgIpc) is 4.06. The number of carboxylic acid groups (broad SMARTS) is 1. The van der Waals surface area contributed by atoms with Gasteiger partial charge in [0.1, 0.15) is 21.8 Å². The fourth-order valence-corrected chi connectivity index (χ4v) is 11.1. The zero-order valence-electron chi connectivity index (χ0n) is 42.2. The number of hydrogen-bond acceptors (Lipinski definition) is 9. The van der Waals surface area contributed by atoms with Crippen molar-refractivity contribution in [3.05, 3.63) is 31.6 Å². The largest absolute Gasteiger partial charge is 0.477 e. The minimum atomic E-state index is -1.10. The quantitative estimate of drug-likeness (QED) is 0.183. The molecule has 67 heavy (non-hydrogen) atoms. The smallest absolute Gasteiger partial charge is 0.350 e. The van der Waals surface area contributed by atoms with Crippen molar-refractivity contribution in [2.45, 2.75) is 171 Å². The number of carbonyl (C=O) groups is 6. The van der Waals surface area contributed by atoms with Crippen LogP contribution in [0.4, 0.5) is 11.4 Å². The number of aromatic carboxylic acids is 1. The predicted molar refractivity (Wildman–Crippen MR) is 267 cm³/mol. The van der Waals surface area contributed by atoms with E-state index in [1.807, 2.05) is 74.1 Å². The van der Waals surface area contributed by atoms with Crippen molar-refractivity contribution in [3.8, 4) is 23.7 Å². The van der Waals surface area contributed by atoms with Crippen molar-refractivity contribution in [1.82, 2.24) is 9.80 Å². The maximum atomic E-state index is 14.0. The number of carboxylic acids is 1. The van der Waals surface area contributed by atoms with E-state index in [9.17, 15) is 33.9 Å². The van der Waals surface area contributed by atoms with Crippen molar-refractivity contribution in [1.29, 1.82) is 0 Å². The molecule has 4 amide bonds. The molecule has 2 aromatic rings. The molecule has 0 spiro atoms. The Bertz CT molecular complexity index is 2280. The molecule has 0 radical (unpaired) electrons. The number of hydrogen-bond donors (Lipinski definition) is 1. The van der Waals surface area contributed by atoms with E-state index in [0.29, 0.717) is 63.8 Å². The number of anilines is 2. The van der Waals surface area contributed by atoms with E-state index < -0.39 is 24.0 Å². The Kier molecular flexibility index (Phi) is 17.6. The first-order chi connectivity index (χ1) is 31.3. The molecule has 4 aliphatic rings. The van der Waals surface area contributed by atoms with Crippen molar-refractivity contribution < 1.29 is 38.6 Å². The first-order valence-electron chi connectivity index (χ1n) is 24.2. The Morgan fingerprint density at radius 3 is 1.31 bits per heavy atom. The van der Waals surface area contributed by atoms with Gasteiger partial charge in [0.15, 0.2) is 0 Å². The van der Waals surface area contributed by atoms with E-state index in [1.165, 1.54) is 23.3 Å². The molecule has 2 atom stereocenters. The molecule has 2 aliphatic heterocycles. The maximum Gasteiger partial charge on any atom is 0.350 e. The lowest BCUT2D eigenvalue weighted by Crippen LogP contribution is -2.49. The fraction of sp³-hybridized carbons (Fsp3) is 0.660. The Labute approximate surface area is 407 Å². The summed E-state index contributed by atoms with van der Waals surface area (Å²) >= 11 is 2.30. The summed E-state index contributed by atoms with van der Waals surface area (Å²) in [4.78, 5) is 87.9. The molecule has 2 saturated carbocycles.